The third-order valence-corrected chi connectivity index (χ3v) is 4.05. The largest absolute Gasteiger partial charge is 0.325 e. The molecule has 0 aromatic carbocycles. The lowest BCUT2D eigenvalue weighted by Gasteiger charge is -2.26. The molecule has 2 heterocycles. The van der Waals surface area contributed by atoms with E-state index in [-0.39, 0.29) is 24.1 Å². The molecular formula is C13H16N2O3S. The van der Waals surface area contributed by atoms with Gasteiger partial charge in [0.2, 0.25) is 5.91 Å². The van der Waals surface area contributed by atoms with Gasteiger partial charge in [-0.05, 0) is 17.9 Å². The Labute approximate surface area is 115 Å². The summed E-state index contributed by atoms with van der Waals surface area (Å²) in [5.74, 6) is -0.684. The zero-order valence-corrected chi connectivity index (χ0v) is 11.8. The summed E-state index contributed by atoms with van der Waals surface area (Å²) in [5, 5.41) is 1.82. The van der Waals surface area contributed by atoms with E-state index in [4.69, 9.17) is 0 Å². The SMILES string of the molecule is CCCN(C(=O)c1cccs1)C1CC(=O)N(C)C1=O. The maximum atomic E-state index is 12.4. The molecule has 0 radical (unpaired) electrons. The highest BCUT2D eigenvalue weighted by Gasteiger charge is 2.41. The Morgan fingerprint density at radius 2 is 2.26 bits per heavy atom. The third kappa shape index (κ3) is 2.53. The van der Waals surface area contributed by atoms with Gasteiger partial charge in [-0.15, -0.1) is 11.3 Å². The van der Waals surface area contributed by atoms with Crippen molar-refractivity contribution < 1.29 is 14.4 Å². The average Bonchev–Trinajstić information content (AvgIpc) is 3.00. The van der Waals surface area contributed by atoms with E-state index >= 15 is 0 Å². The Balaban J connectivity index is 2.24. The first-order valence-electron chi connectivity index (χ1n) is 6.21. The molecule has 1 aromatic rings. The molecule has 1 fully saturated rings. The quantitative estimate of drug-likeness (QED) is 0.782. The molecule has 0 bridgehead atoms. The summed E-state index contributed by atoms with van der Waals surface area (Å²) in [6.45, 7) is 2.42. The molecule has 19 heavy (non-hydrogen) atoms. The summed E-state index contributed by atoms with van der Waals surface area (Å²) in [7, 11) is 1.46. The van der Waals surface area contributed by atoms with Crippen LogP contribution in [0.15, 0.2) is 17.5 Å². The van der Waals surface area contributed by atoms with E-state index < -0.39 is 6.04 Å². The summed E-state index contributed by atoms with van der Waals surface area (Å²) in [4.78, 5) is 39.2. The fourth-order valence-electron chi connectivity index (χ4n) is 2.16. The molecule has 3 amide bonds. The Kier molecular flexibility index (Phi) is 3.99. The van der Waals surface area contributed by atoms with Crippen LogP contribution in [0.5, 0.6) is 0 Å². The summed E-state index contributed by atoms with van der Waals surface area (Å²) in [5.41, 5.74) is 0. The molecule has 0 aliphatic carbocycles. The second-order valence-electron chi connectivity index (χ2n) is 4.49. The van der Waals surface area contributed by atoms with Crippen molar-refractivity contribution in [1.82, 2.24) is 9.80 Å². The molecule has 0 N–H and O–H groups in total. The van der Waals surface area contributed by atoms with E-state index in [2.05, 4.69) is 0 Å². The molecule has 1 saturated heterocycles. The van der Waals surface area contributed by atoms with Gasteiger partial charge in [-0.2, -0.15) is 0 Å². The monoisotopic (exact) mass is 280 g/mol. The van der Waals surface area contributed by atoms with Crippen molar-refractivity contribution in [2.24, 2.45) is 0 Å². The van der Waals surface area contributed by atoms with Crippen molar-refractivity contribution >= 4 is 29.1 Å². The van der Waals surface area contributed by atoms with Crippen molar-refractivity contribution in [3.63, 3.8) is 0 Å². The lowest BCUT2D eigenvalue weighted by atomic mass is 10.2. The third-order valence-electron chi connectivity index (χ3n) is 3.19. The van der Waals surface area contributed by atoms with Gasteiger partial charge >= 0.3 is 0 Å². The van der Waals surface area contributed by atoms with Crippen molar-refractivity contribution in [2.75, 3.05) is 13.6 Å². The zero-order chi connectivity index (χ0) is 14.0. The normalized spacial score (nSPS) is 19.1. The van der Waals surface area contributed by atoms with Crippen LogP contribution in [-0.4, -0.2) is 47.2 Å². The molecule has 2 rings (SSSR count). The number of imide groups is 1. The van der Waals surface area contributed by atoms with Gasteiger partial charge in [-0.3, -0.25) is 19.3 Å². The van der Waals surface area contributed by atoms with Crippen LogP contribution < -0.4 is 0 Å². The Bertz CT molecular complexity index is 498. The van der Waals surface area contributed by atoms with Crippen molar-refractivity contribution in [2.45, 2.75) is 25.8 Å². The van der Waals surface area contributed by atoms with Crippen molar-refractivity contribution in [3.8, 4) is 0 Å². The standard InChI is InChI=1S/C13H16N2O3S/c1-3-6-15(13(18)10-5-4-7-19-10)9-8-11(16)14(2)12(9)17/h4-5,7,9H,3,6,8H2,1-2H3. The predicted octanol–water partition coefficient (Wildman–Crippen LogP) is 1.36. The van der Waals surface area contributed by atoms with Crippen molar-refractivity contribution in [3.05, 3.63) is 22.4 Å². The Morgan fingerprint density at radius 3 is 2.74 bits per heavy atom. The smallest absolute Gasteiger partial charge is 0.264 e. The fourth-order valence-corrected chi connectivity index (χ4v) is 2.84. The van der Waals surface area contributed by atoms with Gasteiger partial charge in [0.25, 0.3) is 11.8 Å². The number of thiophene rings is 1. The first-order chi connectivity index (χ1) is 9.06. The van der Waals surface area contributed by atoms with Crippen LogP contribution in [0.3, 0.4) is 0 Å². The maximum absolute atomic E-state index is 12.4. The van der Waals surface area contributed by atoms with E-state index in [0.717, 1.165) is 11.3 Å². The van der Waals surface area contributed by atoms with E-state index in [9.17, 15) is 14.4 Å². The topological polar surface area (TPSA) is 57.7 Å². The lowest BCUT2D eigenvalue weighted by Crippen LogP contribution is -2.45. The van der Waals surface area contributed by atoms with Gasteiger partial charge in [-0.25, -0.2) is 0 Å². The Morgan fingerprint density at radius 1 is 1.53 bits per heavy atom. The maximum Gasteiger partial charge on any atom is 0.264 e. The Hall–Kier alpha value is -1.69. The van der Waals surface area contributed by atoms with Gasteiger partial charge in [0.05, 0.1) is 11.3 Å². The van der Waals surface area contributed by atoms with Crippen LogP contribution in [0, 0.1) is 0 Å². The van der Waals surface area contributed by atoms with Crippen LogP contribution in [0.1, 0.15) is 29.4 Å². The molecule has 0 spiro atoms. The molecule has 1 unspecified atom stereocenters. The summed E-state index contributed by atoms with van der Waals surface area (Å²) in [6.07, 6.45) is 0.839. The molecule has 0 saturated carbocycles. The number of likely N-dealkylation sites (N-methyl/N-ethyl adjacent to an activating group) is 1. The van der Waals surface area contributed by atoms with Crippen molar-refractivity contribution in [1.29, 1.82) is 0 Å². The van der Waals surface area contributed by atoms with Crippen LogP contribution in [0.4, 0.5) is 0 Å². The molecule has 5 nitrogen and oxygen atoms in total. The summed E-state index contributed by atoms with van der Waals surface area (Å²) in [6, 6.07) is 2.89. The molecule has 1 aliphatic heterocycles. The van der Waals surface area contributed by atoms with E-state index in [1.54, 1.807) is 12.1 Å². The van der Waals surface area contributed by atoms with Gasteiger partial charge < -0.3 is 4.90 Å². The molecule has 6 heteroatoms. The number of likely N-dealkylation sites (tertiary alicyclic amines) is 1. The fraction of sp³-hybridized carbons (Fsp3) is 0.462. The number of hydrogen-bond acceptors (Lipinski definition) is 4. The minimum Gasteiger partial charge on any atom is -0.325 e. The average molecular weight is 280 g/mol. The number of carbonyl (C=O) groups excluding carboxylic acids is 3. The van der Waals surface area contributed by atoms with Gasteiger partial charge in [-0.1, -0.05) is 13.0 Å². The number of nitrogens with zero attached hydrogens (tertiary/aromatic N) is 2. The number of amides is 3. The second kappa shape index (κ2) is 5.52. The highest BCUT2D eigenvalue weighted by molar-refractivity contribution is 7.12. The molecule has 102 valence electrons. The predicted molar refractivity (Wildman–Crippen MR) is 71.8 cm³/mol. The van der Waals surface area contributed by atoms with Gasteiger partial charge in [0.1, 0.15) is 6.04 Å². The first kappa shape index (κ1) is 13.7. The first-order valence-corrected chi connectivity index (χ1v) is 7.09. The van der Waals surface area contributed by atoms with Gasteiger partial charge in [0, 0.05) is 13.6 Å². The summed E-state index contributed by atoms with van der Waals surface area (Å²) < 4.78 is 0. The molecule has 1 aliphatic rings. The second-order valence-corrected chi connectivity index (χ2v) is 5.43. The highest BCUT2D eigenvalue weighted by atomic mass is 32.1. The molecule has 1 aromatic heterocycles. The number of hydrogen-bond donors (Lipinski definition) is 0. The summed E-state index contributed by atoms with van der Waals surface area (Å²) >= 11 is 1.35. The van der Waals surface area contributed by atoms with Crippen LogP contribution in [0.25, 0.3) is 0 Å². The minimum atomic E-state index is -0.646. The van der Waals surface area contributed by atoms with E-state index in [0.29, 0.717) is 11.4 Å². The molecule has 1 atom stereocenters. The zero-order valence-electron chi connectivity index (χ0n) is 11.0. The van der Waals surface area contributed by atoms with Crippen LogP contribution in [-0.2, 0) is 9.59 Å². The molecular weight excluding hydrogens is 264 g/mol. The number of carbonyl (C=O) groups is 3. The lowest BCUT2D eigenvalue weighted by molar-refractivity contribution is -0.137. The minimum absolute atomic E-state index is 0.0897. The number of rotatable bonds is 4. The van der Waals surface area contributed by atoms with E-state index in [1.165, 1.54) is 23.3 Å². The van der Waals surface area contributed by atoms with Crippen LogP contribution >= 0.6 is 11.3 Å². The van der Waals surface area contributed by atoms with Crippen LogP contribution in [0.2, 0.25) is 0 Å². The highest BCUT2D eigenvalue weighted by Crippen LogP contribution is 2.21. The van der Waals surface area contributed by atoms with E-state index in [1.807, 2.05) is 12.3 Å². The van der Waals surface area contributed by atoms with Gasteiger partial charge in [0.15, 0.2) is 0 Å².